The number of rotatable bonds is 4. The third-order valence-electron chi connectivity index (χ3n) is 3.87. The highest BCUT2D eigenvalue weighted by Crippen LogP contribution is 2.26. The number of benzene rings is 1. The molecule has 0 radical (unpaired) electrons. The maximum Gasteiger partial charge on any atom is 0.0371 e. The summed E-state index contributed by atoms with van der Waals surface area (Å²) in [6.07, 6.45) is 3.87. The molecule has 2 rings (SSSR count). The van der Waals surface area contributed by atoms with E-state index in [-0.39, 0.29) is 0 Å². The molecule has 2 nitrogen and oxygen atoms in total. The second-order valence-corrected chi connectivity index (χ2v) is 6.93. The van der Waals surface area contributed by atoms with Crippen LogP contribution in [-0.2, 0) is 0 Å². The van der Waals surface area contributed by atoms with Gasteiger partial charge >= 0.3 is 0 Å². The standard InChI is InChI=1S/C17H28N2/c1-14-13-15(19-11-5-6-12-19)7-8-16(14)18-10-9-17(2,3)4/h7-8,13,18H,5-6,9-12H2,1-4H3. The smallest absolute Gasteiger partial charge is 0.0371 e. The van der Waals surface area contributed by atoms with Crippen molar-refractivity contribution in [3.05, 3.63) is 23.8 Å². The fraction of sp³-hybridized carbons (Fsp3) is 0.647. The lowest BCUT2D eigenvalue weighted by molar-refractivity contribution is 0.390. The van der Waals surface area contributed by atoms with Gasteiger partial charge in [-0.3, -0.25) is 0 Å². The van der Waals surface area contributed by atoms with Crippen molar-refractivity contribution in [3.63, 3.8) is 0 Å². The highest BCUT2D eigenvalue weighted by molar-refractivity contribution is 5.60. The summed E-state index contributed by atoms with van der Waals surface area (Å²) in [6, 6.07) is 6.83. The fourth-order valence-corrected chi connectivity index (χ4v) is 2.59. The Morgan fingerprint density at radius 2 is 1.84 bits per heavy atom. The van der Waals surface area contributed by atoms with Gasteiger partial charge in [0.1, 0.15) is 0 Å². The molecule has 1 heterocycles. The van der Waals surface area contributed by atoms with E-state index in [0.29, 0.717) is 5.41 Å². The molecule has 1 aliphatic heterocycles. The Morgan fingerprint density at radius 3 is 2.42 bits per heavy atom. The number of aryl methyl sites for hydroxylation is 1. The molecule has 0 amide bonds. The van der Waals surface area contributed by atoms with Crippen LogP contribution in [0.3, 0.4) is 0 Å². The Hall–Kier alpha value is -1.18. The van der Waals surface area contributed by atoms with Crippen LogP contribution in [0.1, 0.15) is 45.6 Å². The zero-order valence-electron chi connectivity index (χ0n) is 12.9. The average Bonchev–Trinajstić information content (AvgIpc) is 2.83. The topological polar surface area (TPSA) is 15.3 Å². The Kier molecular flexibility index (Phi) is 4.38. The summed E-state index contributed by atoms with van der Waals surface area (Å²) in [5.41, 5.74) is 4.43. The van der Waals surface area contributed by atoms with Gasteiger partial charge in [-0.25, -0.2) is 0 Å². The third-order valence-corrected chi connectivity index (χ3v) is 3.87. The molecule has 0 atom stereocenters. The number of nitrogens with one attached hydrogen (secondary N) is 1. The SMILES string of the molecule is Cc1cc(N2CCCC2)ccc1NCCC(C)(C)C. The Balaban J connectivity index is 1.95. The molecule has 0 aliphatic carbocycles. The third kappa shape index (κ3) is 4.15. The monoisotopic (exact) mass is 260 g/mol. The molecule has 1 aromatic carbocycles. The lowest BCUT2D eigenvalue weighted by Crippen LogP contribution is -2.18. The van der Waals surface area contributed by atoms with Crippen molar-refractivity contribution in [1.29, 1.82) is 0 Å². The maximum atomic E-state index is 3.57. The lowest BCUT2D eigenvalue weighted by Gasteiger charge is -2.21. The van der Waals surface area contributed by atoms with Gasteiger partial charge in [-0.2, -0.15) is 0 Å². The quantitative estimate of drug-likeness (QED) is 0.860. The molecule has 19 heavy (non-hydrogen) atoms. The highest BCUT2D eigenvalue weighted by Gasteiger charge is 2.13. The van der Waals surface area contributed by atoms with Crippen molar-refractivity contribution < 1.29 is 0 Å². The fourth-order valence-electron chi connectivity index (χ4n) is 2.59. The molecular weight excluding hydrogens is 232 g/mol. The number of hydrogen-bond donors (Lipinski definition) is 1. The molecule has 1 aliphatic rings. The van der Waals surface area contributed by atoms with Gasteiger partial charge in [0.15, 0.2) is 0 Å². The number of hydrogen-bond acceptors (Lipinski definition) is 2. The summed E-state index contributed by atoms with van der Waals surface area (Å²) < 4.78 is 0. The predicted molar refractivity (Wildman–Crippen MR) is 85.2 cm³/mol. The van der Waals surface area contributed by atoms with Gasteiger partial charge in [0.05, 0.1) is 0 Å². The summed E-state index contributed by atoms with van der Waals surface area (Å²) in [4.78, 5) is 2.49. The van der Waals surface area contributed by atoms with Crippen LogP contribution < -0.4 is 10.2 Å². The molecule has 1 fully saturated rings. The Labute approximate surface area is 118 Å². The molecule has 1 saturated heterocycles. The van der Waals surface area contributed by atoms with Gasteiger partial charge in [0.25, 0.3) is 0 Å². The highest BCUT2D eigenvalue weighted by atomic mass is 15.1. The van der Waals surface area contributed by atoms with Gasteiger partial charge in [0, 0.05) is 31.0 Å². The minimum Gasteiger partial charge on any atom is -0.385 e. The zero-order chi connectivity index (χ0) is 13.9. The van der Waals surface area contributed by atoms with Crippen molar-refractivity contribution in [2.24, 2.45) is 5.41 Å². The van der Waals surface area contributed by atoms with E-state index in [2.05, 4.69) is 56.1 Å². The Bertz CT molecular complexity index is 412. The summed E-state index contributed by atoms with van der Waals surface area (Å²) in [6.45, 7) is 12.6. The average molecular weight is 260 g/mol. The number of anilines is 2. The van der Waals surface area contributed by atoms with Crippen molar-refractivity contribution in [3.8, 4) is 0 Å². The molecule has 2 heteroatoms. The summed E-state index contributed by atoms with van der Waals surface area (Å²) in [7, 11) is 0. The van der Waals surface area contributed by atoms with Crippen LogP contribution in [0.5, 0.6) is 0 Å². The van der Waals surface area contributed by atoms with Crippen LogP contribution in [0.4, 0.5) is 11.4 Å². The lowest BCUT2D eigenvalue weighted by atomic mass is 9.92. The van der Waals surface area contributed by atoms with E-state index in [4.69, 9.17) is 0 Å². The van der Waals surface area contributed by atoms with Crippen molar-refractivity contribution in [1.82, 2.24) is 0 Å². The van der Waals surface area contributed by atoms with Gasteiger partial charge in [0.2, 0.25) is 0 Å². The van der Waals surface area contributed by atoms with Crippen LogP contribution in [0.25, 0.3) is 0 Å². The van der Waals surface area contributed by atoms with E-state index in [0.717, 1.165) is 6.54 Å². The molecule has 106 valence electrons. The summed E-state index contributed by atoms with van der Waals surface area (Å²) in [5, 5.41) is 3.57. The Morgan fingerprint density at radius 1 is 1.16 bits per heavy atom. The molecule has 1 aromatic rings. The van der Waals surface area contributed by atoms with E-state index < -0.39 is 0 Å². The molecule has 1 N–H and O–H groups in total. The second kappa shape index (κ2) is 5.85. The van der Waals surface area contributed by atoms with Crippen molar-refractivity contribution in [2.45, 2.75) is 47.0 Å². The number of nitrogens with zero attached hydrogens (tertiary/aromatic N) is 1. The van der Waals surface area contributed by atoms with E-state index in [9.17, 15) is 0 Å². The largest absolute Gasteiger partial charge is 0.385 e. The molecule has 0 aromatic heterocycles. The van der Waals surface area contributed by atoms with E-state index >= 15 is 0 Å². The van der Waals surface area contributed by atoms with E-state index in [1.54, 1.807) is 0 Å². The first-order valence-electron chi connectivity index (χ1n) is 7.55. The summed E-state index contributed by atoms with van der Waals surface area (Å²) in [5.74, 6) is 0. The molecule has 0 bridgehead atoms. The maximum absolute atomic E-state index is 3.57. The van der Waals surface area contributed by atoms with Crippen LogP contribution in [0, 0.1) is 12.3 Å². The van der Waals surface area contributed by atoms with Crippen molar-refractivity contribution >= 4 is 11.4 Å². The van der Waals surface area contributed by atoms with E-state index in [1.807, 2.05) is 0 Å². The second-order valence-electron chi connectivity index (χ2n) is 6.93. The van der Waals surface area contributed by atoms with Gasteiger partial charge < -0.3 is 10.2 Å². The molecule has 0 unspecified atom stereocenters. The minimum atomic E-state index is 0.399. The molecule has 0 spiro atoms. The first-order chi connectivity index (χ1) is 8.96. The van der Waals surface area contributed by atoms with Crippen LogP contribution >= 0.6 is 0 Å². The van der Waals surface area contributed by atoms with Crippen LogP contribution in [0.2, 0.25) is 0 Å². The van der Waals surface area contributed by atoms with Crippen LogP contribution in [-0.4, -0.2) is 19.6 Å². The van der Waals surface area contributed by atoms with Gasteiger partial charge in [-0.15, -0.1) is 0 Å². The normalized spacial score (nSPS) is 15.9. The molecular formula is C17H28N2. The van der Waals surface area contributed by atoms with Gasteiger partial charge in [-0.05, 0) is 55.4 Å². The first-order valence-corrected chi connectivity index (χ1v) is 7.55. The van der Waals surface area contributed by atoms with Crippen LogP contribution in [0.15, 0.2) is 18.2 Å². The van der Waals surface area contributed by atoms with Crippen molar-refractivity contribution in [2.75, 3.05) is 29.9 Å². The van der Waals surface area contributed by atoms with E-state index in [1.165, 1.54) is 49.3 Å². The minimum absolute atomic E-state index is 0.399. The molecule has 0 saturated carbocycles. The predicted octanol–water partition coefficient (Wildman–Crippen LogP) is 4.44. The summed E-state index contributed by atoms with van der Waals surface area (Å²) >= 11 is 0. The first kappa shape index (κ1) is 14.2. The zero-order valence-corrected chi connectivity index (χ0v) is 12.9. The van der Waals surface area contributed by atoms with Gasteiger partial charge in [-0.1, -0.05) is 20.8 Å².